The molecule has 2 fully saturated rings. The molecule has 7 rings (SSSR count). The van der Waals surface area contributed by atoms with Gasteiger partial charge in [-0.3, -0.25) is 9.89 Å². The lowest BCUT2D eigenvalue weighted by Gasteiger charge is -2.38. The molecule has 264 valence electrons. The van der Waals surface area contributed by atoms with Crippen molar-refractivity contribution in [1.29, 1.82) is 0 Å². The number of nitrogens with zero attached hydrogens (tertiary/aromatic N) is 5. The average Bonchev–Trinajstić information content (AvgIpc) is 3.76. The van der Waals surface area contributed by atoms with E-state index in [1.807, 2.05) is 39.4 Å². The van der Waals surface area contributed by atoms with E-state index in [-0.39, 0.29) is 22.7 Å². The molecule has 3 aromatic carbocycles. The van der Waals surface area contributed by atoms with Gasteiger partial charge in [-0.15, -0.1) is 11.3 Å². The molecule has 4 heterocycles. The monoisotopic (exact) mass is 728 g/mol. The molecule has 1 aromatic heterocycles. The van der Waals surface area contributed by atoms with Gasteiger partial charge < -0.3 is 25.0 Å². The van der Waals surface area contributed by atoms with Crippen LogP contribution in [-0.2, 0) is 21.7 Å². The number of carbonyl (C=O) groups is 2. The molecule has 2 N–H and O–H groups in total. The fraction of sp³-hybridized carbons (Fsp3) is 0.316. The van der Waals surface area contributed by atoms with E-state index >= 15 is 0 Å². The first-order valence-electron chi connectivity index (χ1n) is 16.7. The number of benzene rings is 3. The highest BCUT2D eigenvalue weighted by atomic mass is 35.5. The van der Waals surface area contributed by atoms with Crippen LogP contribution in [0.4, 0.5) is 9.18 Å². The van der Waals surface area contributed by atoms with Crippen molar-refractivity contribution in [3.8, 4) is 11.1 Å². The number of hydrogen-bond acceptors (Lipinski definition) is 9. The van der Waals surface area contributed by atoms with E-state index in [1.54, 1.807) is 20.0 Å². The van der Waals surface area contributed by atoms with Crippen LogP contribution in [0, 0.1) is 5.82 Å². The Kier molecular flexibility index (Phi) is 9.68. The zero-order valence-corrected chi connectivity index (χ0v) is 30.0. The van der Waals surface area contributed by atoms with Crippen LogP contribution >= 0.6 is 22.9 Å². The molecule has 0 spiro atoms. The summed E-state index contributed by atoms with van der Waals surface area (Å²) in [6.07, 6.45) is 1.68. The second kappa shape index (κ2) is 14.2. The van der Waals surface area contributed by atoms with Gasteiger partial charge in [-0.05, 0) is 48.2 Å². The highest BCUT2D eigenvalue weighted by Crippen LogP contribution is 2.37. The van der Waals surface area contributed by atoms with E-state index in [0.717, 1.165) is 22.3 Å². The molecule has 0 saturated carbocycles. The average molecular weight is 729 g/mol. The highest BCUT2D eigenvalue weighted by molar-refractivity contribution is 7.11. The Balaban J connectivity index is 1.07. The summed E-state index contributed by atoms with van der Waals surface area (Å²) in [6, 6.07) is 19.3. The van der Waals surface area contributed by atoms with E-state index in [0.29, 0.717) is 61.4 Å². The summed E-state index contributed by atoms with van der Waals surface area (Å²) in [4.78, 5) is 42.2. The first-order valence-corrected chi connectivity index (χ1v) is 18.0. The molecule has 0 radical (unpaired) electrons. The Morgan fingerprint density at radius 2 is 1.78 bits per heavy atom. The van der Waals surface area contributed by atoms with Crippen molar-refractivity contribution >= 4 is 40.8 Å². The van der Waals surface area contributed by atoms with Crippen molar-refractivity contribution in [2.75, 3.05) is 39.8 Å². The summed E-state index contributed by atoms with van der Waals surface area (Å²) in [7, 11) is 1.32. The van der Waals surface area contributed by atoms with Crippen LogP contribution < -0.4 is 5.32 Å². The molecular formula is C38H38ClFN6O4S. The molecule has 2 saturated heterocycles. The van der Waals surface area contributed by atoms with Crippen molar-refractivity contribution in [1.82, 2.24) is 25.0 Å². The number of nitrogens with one attached hydrogen (secondary N) is 1. The SMILES string of the molecule is COC(=O)C1=C(CN2CCN3C(=O)N(Cc4ccc(-c5ccc(C(C)(C)O)cc5)cc4)C[C@@H]3C2)NC(c2nccs2)=N[C@H]1c1ccc(F)cc1Cl. The van der Waals surface area contributed by atoms with Gasteiger partial charge in [0.25, 0.3) is 0 Å². The molecule has 0 unspecified atom stereocenters. The number of hydrogen-bond donors (Lipinski definition) is 2. The summed E-state index contributed by atoms with van der Waals surface area (Å²) in [5, 5.41) is 16.3. The summed E-state index contributed by atoms with van der Waals surface area (Å²) >= 11 is 7.91. The van der Waals surface area contributed by atoms with Gasteiger partial charge in [0.05, 0.1) is 24.3 Å². The molecular weight excluding hydrogens is 691 g/mol. The molecule has 0 bridgehead atoms. The van der Waals surface area contributed by atoms with Gasteiger partial charge in [0.15, 0.2) is 10.8 Å². The number of amidine groups is 1. The van der Waals surface area contributed by atoms with Crippen LogP contribution in [-0.4, -0.2) is 88.5 Å². The van der Waals surface area contributed by atoms with Crippen molar-refractivity contribution < 1.29 is 23.8 Å². The third-order valence-corrected chi connectivity index (χ3v) is 10.7. The van der Waals surface area contributed by atoms with Crippen LogP contribution in [0.1, 0.15) is 41.6 Å². The predicted molar refractivity (Wildman–Crippen MR) is 195 cm³/mol. The van der Waals surface area contributed by atoms with E-state index in [4.69, 9.17) is 21.3 Å². The second-order valence-electron chi connectivity index (χ2n) is 13.5. The van der Waals surface area contributed by atoms with Crippen molar-refractivity contribution in [3.05, 3.63) is 122 Å². The van der Waals surface area contributed by atoms with Crippen molar-refractivity contribution in [2.45, 2.75) is 38.1 Å². The number of aliphatic imine (C=N–C) groups is 1. The number of amides is 2. The quantitative estimate of drug-likeness (QED) is 0.205. The first kappa shape index (κ1) is 34.8. The number of rotatable bonds is 9. The topological polar surface area (TPSA) is 111 Å². The van der Waals surface area contributed by atoms with Crippen LogP contribution in [0.5, 0.6) is 0 Å². The lowest BCUT2D eigenvalue weighted by Crippen LogP contribution is -2.53. The van der Waals surface area contributed by atoms with Crippen molar-refractivity contribution in [2.24, 2.45) is 4.99 Å². The molecule has 13 heteroatoms. The molecule has 2 amide bonds. The Labute approximate surface area is 304 Å². The maximum Gasteiger partial charge on any atom is 0.338 e. The van der Waals surface area contributed by atoms with E-state index < -0.39 is 23.4 Å². The van der Waals surface area contributed by atoms with Crippen LogP contribution in [0.2, 0.25) is 5.02 Å². The number of aliphatic hydroxyl groups is 1. The second-order valence-corrected chi connectivity index (χ2v) is 14.8. The standard InChI is InChI=1S/C38H38ClFN6O4S/c1-38(2,49)26-10-8-25(9-11-26)24-6-4-23(5-7-24)19-45-21-28-20-44(15-16-46(28)37(45)48)22-31-32(36(47)50-3)33(29-13-12-27(40)18-30(29)39)43-34(42-31)35-41-14-17-51-35/h4-14,17-18,28,33,49H,15-16,19-22H2,1-3H3,(H,42,43)/t28-,33-/m0/s1. The molecule has 4 aromatic rings. The molecule has 2 atom stereocenters. The lowest BCUT2D eigenvalue weighted by atomic mass is 9.95. The minimum Gasteiger partial charge on any atom is -0.466 e. The maximum absolute atomic E-state index is 14.0. The molecule has 0 aliphatic carbocycles. The van der Waals surface area contributed by atoms with Crippen molar-refractivity contribution in [3.63, 3.8) is 0 Å². The number of carbonyl (C=O) groups excluding carboxylic acids is 2. The number of aromatic nitrogens is 1. The van der Waals surface area contributed by atoms with Crippen LogP contribution in [0.3, 0.4) is 0 Å². The van der Waals surface area contributed by atoms with Gasteiger partial charge in [-0.1, -0.05) is 66.2 Å². The summed E-state index contributed by atoms with van der Waals surface area (Å²) in [5.41, 5.74) is 4.47. The third kappa shape index (κ3) is 7.27. The number of urea groups is 1. The third-order valence-electron chi connectivity index (χ3n) is 9.57. The molecule has 51 heavy (non-hydrogen) atoms. The summed E-state index contributed by atoms with van der Waals surface area (Å²) in [6.45, 7) is 6.72. The molecule has 3 aliphatic heterocycles. The normalized spacial score (nSPS) is 19.6. The van der Waals surface area contributed by atoms with Gasteiger partial charge in [0.2, 0.25) is 0 Å². The number of esters is 1. The Bertz CT molecular complexity index is 2000. The number of methoxy groups -OCH3 is 1. The fourth-order valence-corrected chi connectivity index (χ4v) is 7.76. The largest absolute Gasteiger partial charge is 0.466 e. The number of halogens is 2. The van der Waals surface area contributed by atoms with E-state index in [2.05, 4.69) is 39.5 Å². The maximum atomic E-state index is 14.0. The van der Waals surface area contributed by atoms with Gasteiger partial charge in [-0.25, -0.2) is 19.0 Å². The number of fused-ring (bicyclic) bond motifs is 1. The number of thiazole rings is 1. The Hall–Kier alpha value is -4.62. The number of ether oxygens (including phenoxy) is 1. The predicted octanol–water partition coefficient (Wildman–Crippen LogP) is 5.97. The van der Waals surface area contributed by atoms with Gasteiger partial charge in [-0.2, -0.15) is 0 Å². The minimum absolute atomic E-state index is 0.0143. The molecule has 10 nitrogen and oxygen atoms in total. The van der Waals surface area contributed by atoms with Crippen LogP contribution in [0.15, 0.2) is 94.6 Å². The van der Waals surface area contributed by atoms with Crippen LogP contribution in [0.25, 0.3) is 11.1 Å². The Morgan fingerprint density at radius 3 is 2.43 bits per heavy atom. The van der Waals surface area contributed by atoms with E-state index in [9.17, 15) is 19.1 Å². The Morgan fingerprint density at radius 1 is 1.06 bits per heavy atom. The lowest BCUT2D eigenvalue weighted by molar-refractivity contribution is -0.136. The summed E-state index contributed by atoms with van der Waals surface area (Å²) < 4.78 is 19.3. The number of piperazine rings is 1. The minimum atomic E-state index is -0.895. The smallest absolute Gasteiger partial charge is 0.338 e. The highest BCUT2D eigenvalue weighted by Gasteiger charge is 2.42. The zero-order valence-electron chi connectivity index (χ0n) is 28.5. The van der Waals surface area contributed by atoms with Gasteiger partial charge >= 0.3 is 12.0 Å². The zero-order chi connectivity index (χ0) is 35.9. The first-order chi connectivity index (χ1) is 24.5. The molecule has 3 aliphatic rings. The van der Waals surface area contributed by atoms with Gasteiger partial charge in [0, 0.05) is 67.1 Å². The fourth-order valence-electron chi connectivity index (χ4n) is 6.90. The summed E-state index contributed by atoms with van der Waals surface area (Å²) in [5.74, 6) is -0.575. The van der Waals surface area contributed by atoms with Gasteiger partial charge in [0.1, 0.15) is 11.9 Å². The van der Waals surface area contributed by atoms with E-state index in [1.165, 1.54) is 36.6 Å².